The Bertz CT molecular complexity index is 734. The molecule has 1 saturated carbocycles. The van der Waals surface area contributed by atoms with Crippen molar-refractivity contribution in [2.45, 2.75) is 42.4 Å². The van der Waals surface area contributed by atoms with Gasteiger partial charge in [-0.05, 0) is 30.4 Å². The molecule has 1 aromatic rings. The normalized spacial score (nSPS) is 36.5. The molecule has 4 rings (SSSR count). The van der Waals surface area contributed by atoms with Gasteiger partial charge in [-0.25, -0.2) is 4.98 Å². The average Bonchev–Trinajstić information content (AvgIpc) is 3.08. The van der Waals surface area contributed by atoms with Crippen molar-refractivity contribution >= 4 is 29.1 Å². The van der Waals surface area contributed by atoms with E-state index in [1.54, 1.807) is 18.3 Å². The van der Waals surface area contributed by atoms with Crippen molar-refractivity contribution < 1.29 is 18.0 Å². The number of hydrogen-bond acceptors (Lipinski definition) is 4. The van der Waals surface area contributed by atoms with Crippen molar-refractivity contribution in [2.75, 3.05) is 13.1 Å². The summed E-state index contributed by atoms with van der Waals surface area (Å²) in [6.45, 7) is -0.914. The fourth-order valence-electron chi connectivity index (χ4n) is 4.83. The number of fused-ring (bicyclic) bond motifs is 3. The van der Waals surface area contributed by atoms with Gasteiger partial charge in [-0.1, -0.05) is 17.7 Å². The molecular weight excluding hydrogens is 404 g/mol. The van der Waals surface area contributed by atoms with Gasteiger partial charge < -0.3 is 4.90 Å². The standard InChI is InChI=1S/C17H19Cl2F3N4O/c18-12-4-10-13(5-9(12)8-2-1-3-23-15(8)19)26(7-17(20,21)22)16(27)11-6-24-25-14(10)11/h1-3,9-14,24-25H,4-7H2. The number of aromatic nitrogens is 1. The van der Waals surface area contributed by atoms with Gasteiger partial charge in [0.15, 0.2) is 0 Å². The van der Waals surface area contributed by atoms with Gasteiger partial charge in [-0.15, -0.1) is 11.6 Å². The van der Waals surface area contributed by atoms with E-state index < -0.39 is 30.6 Å². The number of nitrogens with one attached hydrogen (secondary N) is 2. The number of hydrogen-bond donors (Lipinski definition) is 2. The van der Waals surface area contributed by atoms with E-state index >= 15 is 0 Å². The molecule has 10 heteroatoms. The Balaban J connectivity index is 1.68. The summed E-state index contributed by atoms with van der Waals surface area (Å²) in [5.41, 5.74) is 6.73. The molecule has 0 bridgehead atoms. The monoisotopic (exact) mass is 422 g/mol. The molecule has 2 N–H and O–H groups in total. The number of rotatable bonds is 2. The minimum absolute atomic E-state index is 0.153. The first-order valence-corrected chi connectivity index (χ1v) is 9.68. The molecule has 1 aromatic heterocycles. The number of nitrogens with zero attached hydrogens (tertiary/aromatic N) is 2. The second-order valence-corrected chi connectivity index (χ2v) is 8.37. The van der Waals surface area contributed by atoms with Crippen LogP contribution in [-0.4, -0.2) is 52.5 Å². The molecule has 0 aromatic carbocycles. The van der Waals surface area contributed by atoms with E-state index in [0.717, 1.165) is 10.5 Å². The number of alkyl halides is 4. The van der Waals surface area contributed by atoms with Gasteiger partial charge in [0, 0.05) is 36.1 Å². The Labute approximate surface area is 164 Å². The highest BCUT2D eigenvalue weighted by atomic mass is 35.5. The van der Waals surface area contributed by atoms with Crippen LogP contribution in [0.1, 0.15) is 24.3 Å². The third kappa shape index (κ3) is 3.52. The molecule has 6 atom stereocenters. The summed E-state index contributed by atoms with van der Waals surface area (Å²) in [5, 5.41) is 0.00609. The van der Waals surface area contributed by atoms with Crippen molar-refractivity contribution in [3.8, 4) is 0 Å². The molecule has 2 saturated heterocycles. The molecule has 3 fully saturated rings. The number of piperidine rings is 1. The Morgan fingerprint density at radius 3 is 2.78 bits per heavy atom. The summed E-state index contributed by atoms with van der Waals surface area (Å²) in [6.07, 6.45) is -2.07. The van der Waals surface area contributed by atoms with Crippen LogP contribution in [0.3, 0.4) is 0 Å². The number of carbonyl (C=O) groups excluding carboxylic acids is 1. The van der Waals surface area contributed by atoms with E-state index in [-0.39, 0.29) is 23.3 Å². The van der Waals surface area contributed by atoms with Crippen molar-refractivity contribution in [1.82, 2.24) is 20.7 Å². The molecule has 148 valence electrons. The highest BCUT2D eigenvalue weighted by Crippen LogP contribution is 2.48. The van der Waals surface area contributed by atoms with E-state index in [0.29, 0.717) is 24.5 Å². The smallest absolute Gasteiger partial charge is 0.330 e. The zero-order chi connectivity index (χ0) is 19.3. The Kier molecular flexibility index (Phi) is 5.03. The molecule has 2 aliphatic heterocycles. The fraction of sp³-hybridized carbons (Fsp3) is 0.647. The van der Waals surface area contributed by atoms with Gasteiger partial charge in [-0.2, -0.15) is 13.2 Å². The van der Waals surface area contributed by atoms with Gasteiger partial charge in [0.1, 0.15) is 11.7 Å². The number of carbonyl (C=O) groups is 1. The predicted molar refractivity (Wildman–Crippen MR) is 94.3 cm³/mol. The maximum atomic E-state index is 13.2. The van der Waals surface area contributed by atoms with E-state index in [4.69, 9.17) is 23.2 Å². The summed E-state index contributed by atoms with van der Waals surface area (Å²) in [5.74, 6) is -1.38. The van der Waals surface area contributed by atoms with Crippen molar-refractivity contribution in [1.29, 1.82) is 0 Å². The van der Waals surface area contributed by atoms with Crippen molar-refractivity contribution in [2.24, 2.45) is 11.8 Å². The molecule has 6 unspecified atom stereocenters. The quantitative estimate of drug-likeness (QED) is 0.568. The SMILES string of the molecule is O=C1C2CNNC2C2CC(Cl)C(c3cccnc3Cl)CC2N1CC(F)(F)F. The molecular formula is C17H19Cl2F3N4O. The van der Waals surface area contributed by atoms with Crippen LogP contribution in [0.4, 0.5) is 13.2 Å². The Morgan fingerprint density at radius 2 is 2.07 bits per heavy atom. The van der Waals surface area contributed by atoms with Gasteiger partial charge in [0.05, 0.1) is 5.92 Å². The number of hydrazine groups is 1. The summed E-state index contributed by atoms with van der Waals surface area (Å²) in [4.78, 5) is 17.9. The first-order valence-electron chi connectivity index (χ1n) is 8.86. The van der Waals surface area contributed by atoms with Crippen LogP contribution in [0.5, 0.6) is 0 Å². The summed E-state index contributed by atoms with van der Waals surface area (Å²) in [7, 11) is 0. The lowest BCUT2D eigenvalue weighted by molar-refractivity contribution is -0.178. The minimum Gasteiger partial charge on any atom is -0.330 e. The highest BCUT2D eigenvalue weighted by molar-refractivity contribution is 6.30. The number of halogens is 5. The van der Waals surface area contributed by atoms with Gasteiger partial charge in [0.25, 0.3) is 0 Å². The molecule has 1 aliphatic carbocycles. The van der Waals surface area contributed by atoms with Crippen molar-refractivity contribution in [3.05, 3.63) is 29.0 Å². The first kappa shape index (κ1) is 19.2. The van der Waals surface area contributed by atoms with E-state index in [9.17, 15) is 18.0 Å². The van der Waals surface area contributed by atoms with E-state index in [2.05, 4.69) is 15.8 Å². The molecule has 0 radical (unpaired) electrons. The van der Waals surface area contributed by atoms with Crippen molar-refractivity contribution in [3.63, 3.8) is 0 Å². The van der Waals surface area contributed by atoms with Crippen LogP contribution in [-0.2, 0) is 4.79 Å². The van der Waals surface area contributed by atoms with Gasteiger partial charge >= 0.3 is 6.18 Å². The highest BCUT2D eigenvalue weighted by Gasteiger charge is 2.55. The van der Waals surface area contributed by atoms with Gasteiger partial charge in [0.2, 0.25) is 5.91 Å². The Hall–Kier alpha value is -1.09. The number of pyridine rings is 1. The molecule has 0 spiro atoms. The lowest BCUT2D eigenvalue weighted by Gasteiger charge is -2.51. The molecule has 3 heterocycles. The maximum Gasteiger partial charge on any atom is 0.406 e. The van der Waals surface area contributed by atoms with Crippen LogP contribution < -0.4 is 10.9 Å². The summed E-state index contributed by atoms with van der Waals surface area (Å²) in [6, 6.07) is 2.77. The average molecular weight is 423 g/mol. The van der Waals surface area contributed by atoms with Crippen LogP contribution in [0, 0.1) is 11.8 Å². The summed E-state index contributed by atoms with van der Waals surface area (Å²) < 4.78 is 39.6. The molecule has 27 heavy (non-hydrogen) atoms. The number of likely N-dealkylation sites (tertiary alicyclic amines) is 1. The largest absolute Gasteiger partial charge is 0.406 e. The minimum atomic E-state index is -4.45. The van der Waals surface area contributed by atoms with Crippen LogP contribution in [0.2, 0.25) is 5.15 Å². The van der Waals surface area contributed by atoms with E-state index in [1.165, 1.54) is 0 Å². The van der Waals surface area contributed by atoms with Crippen LogP contribution in [0.15, 0.2) is 18.3 Å². The molecule has 1 amide bonds. The topological polar surface area (TPSA) is 57.3 Å². The Morgan fingerprint density at radius 1 is 1.30 bits per heavy atom. The summed E-state index contributed by atoms with van der Waals surface area (Å²) >= 11 is 12.9. The van der Waals surface area contributed by atoms with Crippen LogP contribution >= 0.6 is 23.2 Å². The number of amides is 1. The third-order valence-corrected chi connectivity index (χ3v) is 6.74. The molecule has 3 aliphatic rings. The second kappa shape index (κ2) is 7.06. The zero-order valence-electron chi connectivity index (χ0n) is 14.2. The third-order valence-electron chi connectivity index (χ3n) is 5.95. The predicted octanol–water partition coefficient (Wildman–Crippen LogP) is 2.70. The second-order valence-electron chi connectivity index (χ2n) is 7.45. The van der Waals surface area contributed by atoms with Gasteiger partial charge in [-0.3, -0.25) is 15.6 Å². The van der Waals surface area contributed by atoms with Crippen LogP contribution in [0.25, 0.3) is 0 Å². The zero-order valence-corrected chi connectivity index (χ0v) is 15.7. The lowest BCUT2D eigenvalue weighted by Crippen LogP contribution is -2.64. The maximum absolute atomic E-state index is 13.2. The fourth-order valence-corrected chi connectivity index (χ4v) is 5.53. The van der Waals surface area contributed by atoms with E-state index in [1.807, 2.05) is 0 Å². The lowest BCUT2D eigenvalue weighted by atomic mass is 9.67. The first-order chi connectivity index (χ1) is 12.8. The molecule has 5 nitrogen and oxygen atoms in total.